The molecule has 1 aromatic heterocycles. The molecule has 0 saturated carbocycles. The van der Waals surface area contributed by atoms with E-state index in [9.17, 15) is 4.39 Å². The van der Waals surface area contributed by atoms with Gasteiger partial charge in [-0.1, -0.05) is 13.0 Å². The summed E-state index contributed by atoms with van der Waals surface area (Å²) in [6.07, 6.45) is 1.02. The second-order valence-electron chi connectivity index (χ2n) is 5.54. The number of benzene rings is 1. The Kier molecular flexibility index (Phi) is 2.93. The van der Waals surface area contributed by atoms with Gasteiger partial charge in [0.05, 0.1) is 5.52 Å². The molecular weight excluding hydrogens is 243 g/mol. The number of fused-ring (bicyclic) bond motifs is 1. The van der Waals surface area contributed by atoms with Crippen molar-refractivity contribution in [1.29, 1.82) is 0 Å². The highest BCUT2D eigenvalue weighted by molar-refractivity contribution is 5.79. The number of likely N-dealkylation sites (tertiary alicyclic amines) is 1. The molecule has 1 aliphatic rings. The molecule has 1 fully saturated rings. The number of halogens is 1. The molecule has 2 unspecified atom stereocenters. The van der Waals surface area contributed by atoms with Crippen LogP contribution in [0.15, 0.2) is 18.2 Å². The van der Waals surface area contributed by atoms with Crippen LogP contribution in [0.2, 0.25) is 0 Å². The fourth-order valence-electron chi connectivity index (χ4n) is 3.17. The summed E-state index contributed by atoms with van der Waals surface area (Å²) in [7, 11) is 2.13. The molecule has 2 N–H and O–H groups in total. The first-order chi connectivity index (χ1) is 9.08. The molecule has 2 atom stereocenters. The van der Waals surface area contributed by atoms with Crippen LogP contribution in [0.3, 0.4) is 0 Å². The molecule has 1 aromatic carbocycles. The number of nitrogens with zero attached hydrogens (tertiary/aromatic N) is 3. The predicted octanol–water partition coefficient (Wildman–Crippen LogP) is 2.27. The number of para-hydroxylation sites is 1. The number of nitrogens with two attached hydrogens (primary N) is 1. The molecule has 1 saturated heterocycles. The Bertz CT molecular complexity index is 607. The second kappa shape index (κ2) is 4.49. The Morgan fingerprint density at radius 2 is 2.21 bits per heavy atom. The number of anilines is 1. The lowest BCUT2D eigenvalue weighted by Crippen LogP contribution is -2.38. The molecule has 0 amide bonds. The molecule has 2 heterocycles. The number of hydrogen-bond donors (Lipinski definition) is 1. The van der Waals surface area contributed by atoms with Gasteiger partial charge in [-0.05, 0) is 38.1 Å². The van der Waals surface area contributed by atoms with Crippen molar-refractivity contribution in [3.63, 3.8) is 0 Å². The van der Waals surface area contributed by atoms with Crippen LogP contribution in [-0.4, -0.2) is 34.6 Å². The molecule has 1 aliphatic heterocycles. The Morgan fingerprint density at radius 1 is 1.42 bits per heavy atom. The Balaban J connectivity index is 2.10. The highest BCUT2D eigenvalue weighted by Crippen LogP contribution is 2.33. The van der Waals surface area contributed by atoms with Crippen molar-refractivity contribution in [1.82, 2.24) is 14.5 Å². The maximum absolute atomic E-state index is 13.8. The minimum Gasteiger partial charge on any atom is -0.369 e. The van der Waals surface area contributed by atoms with E-state index >= 15 is 0 Å². The number of hydrogen-bond acceptors (Lipinski definition) is 3. The van der Waals surface area contributed by atoms with E-state index in [4.69, 9.17) is 5.73 Å². The van der Waals surface area contributed by atoms with Crippen LogP contribution in [0.25, 0.3) is 11.0 Å². The van der Waals surface area contributed by atoms with Crippen molar-refractivity contribution in [2.24, 2.45) is 5.92 Å². The molecule has 0 spiro atoms. The monoisotopic (exact) mass is 262 g/mol. The maximum Gasteiger partial charge on any atom is 0.201 e. The number of imidazole rings is 1. The first kappa shape index (κ1) is 12.4. The van der Waals surface area contributed by atoms with Gasteiger partial charge in [-0.25, -0.2) is 9.37 Å². The molecule has 2 aromatic rings. The highest BCUT2D eigenvalue weighted by atomic mass is 19.1. The summed E-state index contributed by atoms with van der Waals surface area (Å²) in [6, 6.07) is 5.34. The van der Waals surface area contributed by atoms with E-state index < -0.39 is 0 Å². The van der Waals surface area contributed by atoms with Crippen molar-refractivity contribution < 1.29 is 4.39 Å². The van der Waals surface area contributed by atoms with Crippen LogP contribution < -0.4 is 5.73 Å². The number of piperidine rings is 1. The molecular formula is C14H19FN4. The van der Waals surface area contributed by atoms with Crippen LogP contribution in [-0.2, 0) is 0 Å². The molecule has 0 aliphatic carbocycles. The van der Waals surface area contributed by atoms with Gasteiger partial charge in [-0.15, -0.1) is 0 Å². The van der Waals surface area contributed by atoms with Crippen LogP contribution >= 0.6 is 0 Å². The van der Waals surface area contributed by atoms with E-state index in [0.29, 0.717) is 23.4 Å². The van der Waals surface area contributed by atoms with Gasteiger partial charge in [0.25, 0.3) is 0 Å². The van der Waals surface area contributed by atoms with Crippen LogP contribution in [0.1, 0.15) is 19.4 Å². The third-order valence-corrected chi connectivity index (χ3v) is 4.09. The summed E-state index contributed by atoms with van der Waals surface area (Å²) >= 11 is 0. The Labute approximate surface area is 112 Å². The smallest absolute Gasteiger partial charge is 0.201 e. The van der Waals surface area contributed by atoms with Gasteiger partial charge >= 0.3 is 0 Å². The minimum atomic E-state index is -0.302. The number of aromatic nitrogens is 2. The van der Waals surface area contributed by atoms with Crippen molar-refractivity contribution >= 4 is 17.0 Å². The Hall–Kier alpha value is -1.62. The van der Waals surface area contributed by atoms with E-state index in [-0.39, 0.29) is 5.82 Å². The summed E-state index contributed by atoms with van der Waals surface area (Å²) < 4.78 is 15.8. The first-order valence-electron chi connectivity index (χ1n) is 6.68. The summed E-state index contributed by atoms with van der Waals surface area (Å²) in [5.74, 6) is 0.590. The Morgan fingerprint density at radius 3 is 2.95 bits per heavy atom. The van der Waals surface area contributed by atoms with Gasteiger partial charge < -0.3 is 15.2 Å². The molecule has 102 valence electrons. The number of nitrogen functional groups attached to an aromatic ring is 1. The molecule has 5 heteroatoms. The van der Waals surface area contributed by atoms with E-state index in [1.165, 1.54) is 6.07 Å². The number of rotatable bonds is 1. The SMILES string of the molecule is CC1CN(C)CCC1n1c(N)nc2c(F)cccc21. The third kappa shape index (κ3) is 1.98. The average Bonchev–Trinajstić information content (AvgIpc) is 2.68. The van der Waals surface area contributed by atoms with E-state index in [0.717, 1.165) is 25.0 Å². The molecule has 0 radical (unpaired) electrons. The van der Waals surface area contributed by atoms with Crippen LogP contribution in [0.5, 0.6) is 0 Å². The van der Waals surface area contributed by atoms with Crippen molar-refractivity contribution in [3.8, 4) is 0 Å². The lowest BCUT2D eigenvalue weighted by Gasteiger charge is -2.36. The molecule has 0 bridgehead atoms. The van der Waals surface area contributed by atoms with Crippen LogP contribution in [0.4, 0.5) is 10.3 Å². The molecule has 4 nitrogen and oxygen atoms in total. The quantitative estimate of drug-likeness (QED) is 0.857. The zero-order valence-electron chi connectivity index (χ0n) is 11.3. The van der Waals surface area contributed by atoms with Gasteiger partial charge in [0.1, 0.15) is 5.52 Å². The average molecular weight is 262 g/mol. The zero-order valence-corrected chi connectivity index (χ0v) is 11.3. The largest absolute Gasteiger partial charge is 0.369 e. The minimum absolute atomic E-state index is 0.294. The van der Waals surface area contributed by atoms with Gasteiger partial charge in [0, 0.05) is 12.6 Å². The summed E-state index contributed by atoms with van der Waals surface area (Å²) in [6.45, 7) is 4.27. The van der Waals surface area contributed by atoms with Gasteiger partial charge in [0.15, 0.2) is 5.82 Å². The predicted molar refractivity (Wildman–Crippen MR) is 74.4 cm³/mol. The maximum atomic E-state index is 13.8. The fraction of sp³-hybridized carbons (Fsp3) is 0.500. The fourth-order valence-corrected chi connectivity index (χ4v) is 3.17. The first-order valence-corrected chi connectivity index (χ1v) is 6.68. The van der Waals surface area contributed by atoms with Gasteiger partial charge in [-0.3, -0.25) is 0 Å². The zero-order chi connectivity index (χ0) is 13.6. The lowest BCUT2D eigenvalue weighted by atomic mass is 9.94. The summed E-state index contributed by atoms with van der Waals surface area (Å²) in [4.78, 5) is 6.51. The normalized spacial score (nSPS) is 25.0. The van der Waals surface area contributed by atoms with E-state index in [2.05, 4.69) is 23.9 Å². The summed E-state index contributed by atoms with van der Waals surface area (Å²) in [5, 5.41) is 0. The second-order valence-corrected chi connectivity index (χ2v) is 5.54. The highest BCUT2D eigenvalue weighted by Gasteiger charge is 2.28. The van der Waals surface area contributed by atoms with E-state index in [1.54, 1.807) is 6.07 Å². The lowest BCUT2D eigenvalue weighted by molar-refractivity contribution is 0.162. The third-order valence-electron chi connectivity index (χ3n) is 4.09. The van der Waals surface area contributed by atoms with Crippen LogP contribution in [0, 0.1) is 11.7 Å². The standard InChI is InChI=1S/C14H19FN4/c1-9-8-18(2)7-6-11(9)19-12-5-3-4-10(15)13(12)17-14(19)16/h3-5,9,11H,6-8H2,1-2H3,(H2,16,17). The van der Waals surface area contributed by atoms with Crippen molar-refractivity contribution in [2.45, 2.75) is 19.4 Å². The topological polar surface area (TPSA) is 47.1 Å². The van der Waals surface area contributed by atoms with Crippen molar-refractivity contribution in [3.05, 3.63) is 24.0 Å². The van der Waals surface area contributed by atoms with Gasteiger partial charge in [-0.2, -0.15) is 0 Å². The summed E-state index contributed by atoms with van der Waals surface area (Å²) in [5.41, 5.74) is 7.21. The molecule has 19 heavy (non-hydrogen) atoms. The van der Waals surface area contributed by atoms with Gasteiger partial charge in [0.2, 0.25) is 5.95 Å². The van der Waals surface area contributed by atoms with Crippen molar-refractivity contribution in [2.75, 3.05) is 25.9 Å². The van der Waals surface area contributed by atoms with E-state index in [1.807, 2.05) is 10.6 Å². The molecule has 3 rings (SSSR count).